The van der Waals surface area contributed by atoms with Gasteiger partial charge in [0.15, 0.2) is 11.5 Å². The molecule has 7 heteroatoms. The predicted octanol–water partition coefficient (Wildman–Crippen LogP) is 3.43. The lowest BCUT2D eigenvalue weighted by atomic mass is 9.83. The van der Waals surface area contributed by atoms with Crippen LogP contribution in [0, 0.1) is 5.92 Å². The molecule has 0 bridgehead atoms. The van der Waals surface area contributed by atoms with E-state index in [4.69, 9.17) is 19.9 Å². The number of likely N-dealkylation sites (tertiary alicyclic amines) is 1. The van der Waals surface area contributed by atoms with Crippen molar-refractivity contribution in [2.24, 2.45) is 11.7 Å². The number of carbonyl (C=O) groups is 2. The van der Waals surface area contributed by atoms with Crippen molar-refractivity contribution < 1.29 is 23.8 Å². The van der Waals surface area contributed by atoms with Crippen LogP contribution in [-0.2, 0) is 27.2 Å². The molecule has 2 aromatic carbocycles. The number of piperidine rings is 1. The number of fused-ring (bicyclic) bond motifs is 1. The predicted molar refractivity (Wildman–Crippen MR) is 129 cm³/mol. The van der Waals surface area contributed by atoms with Gasteiger partial charge in [0, 0.05) is 38.9 Å². The fourth-order valence-electron chi connectivity index (χ4n) is 5.10. The van der Waals surface area contributed by atoms with Gasteiger partial charge in [-0.2, -0.15) is 0 Å². The summed E-state index contributed by atoms with van der Waals surface area (Å²) in [7, 11) is 0. The van der Waals surface area contributed by atoms with Crippen molar-refractivity contribution in [3.8, 4) is 11.5 Å². The summed E-state index contributed by atoms with van der Waals surface area (Å²) in [5.74, 6) is 0.0367. The number of hydrogen-bond donors (Lipinski definition) is 1. The molecule has 2 aromatic rings. The molecule has 0 unspecified atom stereocenters. The summed E-state index contributed by atoms with van der Waals surface area (Å²) < 4.78 is 17.3. The first-order valence-corrected chi connectivity index (χ1v) is 12.1. The van der Waals surface area contributed by atoms with Crippen molar-refractivity contribution in [1.82, 2.24) is 4.90 Å². The van der Waals surface area contributed by atoms with Crippen molar-refractivity contribution in [2.75, 3.05) is 26.2 Å². The van der Waals surface area contributed by atoms with Crippen LogP contribution in [0.5, 0.6) is 11.5 Å². The number of ether oxygens (including phenoxy) is 3. The van der Waals surface area contributed by atoms with Gasteiger partial charge in [0.1, 0.15) is 0 Å². The smallest absolute Gasteiger partial charge is 0.308 e. The molecule has 2 aliphatic heterocycles. The Hall–Kier alpha value is -2.74. The minimum absolute atomic E-state index is 0.0285. The normalized spacial score (nSPS) is 21.0. The first kappa shape index (κ1) is 24.4. The summed E-state index contributed by atoms with van der Waals surface area (Å²) >= 11 is 0. The molecule has 1 fully saturated rings. The highest BCUT2D eigenvalue weighted by Crippen LogP contribution is 2.43. The van der Waals surface area contributed by atoms with Crippen molar-refractivity contribution >= 4 is 11.9 Å². The molecule has 0 aromatic heterocycles. The van der Waals surface area contributed by atoms with Crippen LogP contribution in [0.15, 0.2) is 42.5 Å². The molecule has 2 N–H and O–H groups in total. The Balaban J connectivity index is 1.46. The highest BCUT2D eigenvalue weighted by Gasteiger charge is 2.36. The van der Waals surface area contributed by atoms with Crippen LogP contribution < -0.4 is 15.2 Å². The Morgan fingerprint density at radius 2 is 1.74 bits per heavy atom. The number of benzene rings is 2. The molecular weight excluding hydrogens is 432 g/mol. The largest absolute Gasteiger partial charge is 0.423 e. The van der Waals surface area contributed by atoms with Gasteiger partial charge in [-0.1, -0.05) is 36.4 Å². The quantitative estimate of drug-likeness (QED) is 0.494. The second-order valence-electron chi connectivity index (χ2n) is 9.17. The van der Waals surface area contributed by atoms with Gasteiger partial charge in [-0.15, -0.1) is 0 Å². The van der Waals surface area contributed by atoms with E-state index in [1.54, 1.807) is 6.07 Å². The number of hydrogen-bond acceptors (Lipinski definition) is 7. The fraction of sp³-hybridized carbons (Fsp3) is 0.481. The van der Waals surface area contributed by atoms with Crippen LogP contribution in [-0.4, -0.2) is 49.1 Å². The first-order chi connectivity index (χ1) is 16.4. The number of nitrogens with zero attached hydrogens (tertiary/aromatic N) is 1. The molecular formula is C27H34N2O5. The minimum atomic E-state index is -0.463. The van der Waals surface area contributed by atoms with Gasteiger partial charge in [-0.05, 0) is 55.5 Å². The van der Waals surface area contributed by atoms with Crippen molar-refractivity contribution in [2.45, 2.75) is 51.7 Å². The Morgan fingerprint density at radius 3 is 2.38 bits per heavy atom. The number of nitrogens with two attached hydrogens (primary N) is 1. The van der Waals surface area contributed by atoms with Gasteiger partial charge in [-0.25, -0.2) is 0 Å². The van der Waals surface area contributed by atoms with Gasteiger partial charge in [0.25, 0.3) is 0 Å². The molecule has 2 aliphatic rings. The second kappa shape index (κ2) is 11.1. The standard InChI is InChI=1S/C27H34N2O5/c1-18(30)32-24-9-8-22-23(27(24)33-19(2)31)16-25(34-26(22)17-28)21-11-14-29(15-12-21)13-10-20-6-4-3-5-7-20/h3-9,21,25-26H,10-17,28H2,1-2H3/t25-,26-/m1/s1. The molecule has 0 saturated carbocycles. The third kappa shape index (κ3) is 5.84. The summed E-state index contributed by atoms with van der Waals surface area (Å²) in [6.07, 6.45) is 3.42. The van der Waals surface area contributed by atoms with Crippen molar-refractivity contribution in [1.29, 1.82) is 0 Å². The monoisotopic (exact) mass is 466 g/mol. The molecule has 1 saturated heterocycles. The number of carbonyl (C=O) groups excluding carboxylic acids is 2. The Bertz CT molecular complexity index is 1000. The molecule has 7 nitrogen and oxygen atoms in total. The average Bonchev–Trinajstić information content (AvgIpc) is 2.84. The number of rotatable bonds is 7. The summed E-state index contributed by atoms with van der Waals surface area (Å²) in [5, 5.41) is 0. The van der Waals surface area contributed by atoms with Gasteiger partial charge in [-0.3, -0.25) is 9.59 Å². The van der Waals surface area contributed by atoms with Crippen LogP contribution in [0.1, 0.15) is 49.5 Å². The molecule has 4 rings (SSSR count). The first-order valence-electron chi connectivity index (χ1n) is 12.1. The van der Waals surface area contributed by atoms with E-state index in [1.165, 1.54) is 19.4 Å². The van der Waals surface area contributed by atoms with Crippen LogP contribution in [0.2, 0.25) is 0 Å². The van der Waals surface area contributed by atoms with E-state index in [0.29, 0.717) is 24.6 Å². The van der Waals surface area contributed by atoms with E-state index < -0.39 is 11.9 Å². The summed E-state index contributed by atoms with van der Waals surface area (Å²) in [5.41, 5.74) is 9.18. The molecule has 34 heavy (non-hydrogen) atoms. The van der Waals surface area contributed by atoms with Crippen LogP contribution in [0.25, 0.3) is 0 Å². The molecule has 0 spiro atoms. The summed E-state index contributed by atoms with van der Waals surface area (Å²) in [4.78, 5) is 26.0. The molecule has 0 aliphatic carbocycles. The van der Waals surface area contributed by atoms with Gasteiger partial charge >= 0.3 is 11.9 Å². The summed E-state index contributed by atoms with van der Waals surface area (Å²) in [6.45, 7) is 6.12. The Kier molecular flexibility index (Phi) is 7.98. The Morgan fingerprint density at radius 1 is 1.03 bits per heavy atom. The topological polar surface area (TPSA) is 91.1 Å². The molecule has 2 heterocycles. The van der Waals surface area contributed by atoms with Crippen LogP contribution in [0.3, 0.4) is 0 Å². The van der Waals surface area contributed by atoms with Crippen LogP contribution >= 0.6 is 0 Å². The van der Waals surface area contributed by atoms with E-state index in [0.717, 1.165) is 50.0 Å². The zero-order valence-corrected chi connectivity index (χ0v) is 20.0. The zero-order valence-electron chi connectivity index (χ0n) is 20.0. The lowest BCUT2D eigenvalue weighted by Crippen LogP contribution is -2.42. The lowest BCUT2D eigenvalue weighted by Gasteiger charge is -2.40. The highest BCUT2D eigenvalue weighted by atomic mass is 16.6. The van der Waals surface area contributed by atoms with Crippen molar-refractivity contribution in [3.05, 3.63) is 59.2 Å². The maximum atomic E-state index is 11.8. The van der Waals surface area contributed by atoms with Crippen molar-refractivity contribution in [3.63, 3.8) is 0 Å². The minimum Gasteiger partial charge on any atom is -0.423 e. The van der Waals surface area contributed by atoms with E-state index in [9.17, 15) is 9.59 Å². The third-order valence-corrected chi connectivity index (χ3v) is 6.78. The SMILES string of the molecule is CC(=O)Oc1ccc2c(c1OC(C)=O)C[C@H](C1CCN(CCc3ccccc3)CC1)O[C@@H]2CN. The molecule has 2 atom stereocenters. The van der Waals surface area contributed by atoms with Gasteiger partial charge in [0.05, 0.1) is 12.2 Å². The molecule has 0 amide bonds. The Labute approximate surface area is 201 Å². The van der Waals surface area contributed by atoms with Gasteiger partial charge in [0.2, 0.25) is 0 Å². The van der Waals surface area contributed by atoms with E-state index >= 15 is 0 Å². The second-order valence-corrected chi connectivity index (χ2v) is 9.17. The average molecular weight is 467 g/mol. The molecule has 0 radical (unpaired) electrons. The van der Waals surface area contributed by atoms with E-state index in [-0.39, 0.29) is 18.0 Å². The highest BCUT2D eigenvalue weighted by molar-refractivity contribution is 5.75. The molecule has 182 valence electrons. The zero-order chi connectivity index (χ0) is 24.1. The summed E-state index contributed by atoms with van der Waals surface area (Å²) in [6, 6.07) is 14.1. The van der Waals surface area contributed by atoms with E-state index in [2.05, 4.69) is 29.2 Å². The fourth-order valence-corrected chi connectivity index (χ4v) is 5.10. The lowest BCUT2D eigenvalue weighted by molar-refractivity contribution is -0.134. The van der Waals surface area contributed by atoms with Crippen LogP contribution in [0.4, 0.5) is 0 Å². The van der Waals surface area contributed by atoms with Gasteiger partial charge < -0.3 is 24.8 Å². The maximum Gasteiger partial charge on any atom is 0.308 e. The number of esters is 2. The third-order valence-electron chi connectivity index (χ3n) is 6.78. The van der Waals surface area contributed by atoms with E-state index in [1.807, 2.05) is 12.1 Å². The maximum absolute atomic E-state index is 11.8.